The van der Waals surface area contributed by atoms with Gasteiger partial charge in [-0.3, -0.25) is 9.79 Å². The molecule has 0 aliphatic carbocycles. The van der Waals surface area contributed by atoms with Crippen molar-refractivity contribution in [3.05, 3.63) is 60.4 Å². The molecule has 1 saturated heterocycles. The molecule has 0 spiro atoms. The van der Waals surface area contributed by atoms with Crippen molar-refractivity contribution in [1.29, 1.82) is 0 Å². The molecule has 1 aromatic carbocycles. The standard InChI is InChI=1S/C20H22N2O4/c1-19(2)20(3,4)26-17(25-19)11-12-21-14-7-9-15(10-8-14)22-18(23)16-6-5-13-24-16/h5-13H,1-4H3,(H,22,23). The van der Waals surface area contributed by atoms with Crippen molar-refractivity contribution < 1.29 is 18.7 Å². The zero-order valence-electron chi connectivity index (χ0n) is 15.3. The highest BCUT2D eigenvalue weighted by molar-refractivity contribution is 6.02. The Morgan fingerprint density at radius 1 is 1.04 bits per heavy atom. The van der Waals surface area contributed by atoms with E-state index in [-0.39, 0.29) is 11.7 Å². The van der Waals surface area contributed by atoms with Crippen molar-refractivity contribution in [2.24, 2.45) is 4.99 Å². The summed E-state index contributed by atoms with van der Waals surface area (Å²) in [5.41, 5.74) is 0.602. The molecule has 2 aromatic rings. The summed E-state index contributed by atoms with van der Waals surface area (Å²) in [4.78, 5) is 16.3. The lowest BCUT2D eigenvalue weighted by Gasteiger charge is -2.28. The molecule has 1 N–H and O–H groups in total. The lowest BCUT2D eigenvalue weighted by atomic mass is 9.90. The number of aliphatic imine (C=N–C) groups is 1. The quantitative estimate of drug-likeness (QED) is 0.809. The molecule has 26 heavy (non-hydrogen) atoms. The first kappa shape index (κ1) is 17.8. The maximum Gasteiger partial charge on any atom is 0.291 e. The van der Waals surface area contributed by atoms with Gasteiger partial charge in [-0.05, 0) is 64.1 Å². The Bertz CT molecular complexity index is 813. The highest BCUT2D eigenvalue weighted by Gasteiger charge is 2.48. The number of nitrogens with one attached hydrogen (secondary N) is 1. The normalized spacial score (nSPS) is 17.6. The lowest BCUT2D eigenvalue weighted by Crippen LogP contribution is -2.41. The first-order valence-corrected chi connectivity index (χ1v) is 8.34. The minimum Gasteiger partial charge on any atom is -0.459 e. The highest BCUT2D eigenvalue weighted by Crippen LogP contribution is 2.39. The van der Waals surface area contributed by atoms with Gasteiger partial charge in [-0.2, -0.15) is 0 Å². The van der Waals surface area contributed by atoms with Gasteiger partial charge in [-0.25, -0.2) is 0 Å². The van der Waals surface area contributed by atoms with Gasteiger partial charge < -0.3 is 19.2 Å². The second-order valence-electron chi connectivity index (χ2n) is 6.97. The molecule has 1 fully saturated rings. The van der Waals surface area contributed by atoms with Gasteiger partial charge in [0.05, 0.1) is 12.0 Å². The van der Waals surface area contributed by atoms with E-state index in [1.807, 2.05) is 27.7 Å². The van der Waals surface area contributed by atoms with Crippen LogP contribution in [-0.4, -0.2) is 23.3 Å². The number of allylic oxidation sites excluding steroid dienone is 1. The van der Waals surface area contributed by atoms with E-state index in [0.29, 0.717) is 11.6 Å². The van der Waals surface area contributed by atoms with Crippen molar-refractivity contribution in [3.63, 3.8) is 0 Å². The van der Waals surface area contributed by atoms with Crippen molar-refractivity contribution in [2.45, 2.75) is 38.9 Å². The van der Waals surface area contributed by atoms with Crippen LogP contribution in [0, 0.1) is 0 Å². The van der Waals surface area contributed by atoms with Crippen molar-refractivity contribution in [1.82, 2.24) is 0 Å². The number of anilines is 1. The van der Waals surface area contributed by atoms with Crippen LogP contribution in [0.4, 0.5) is 11.4 Å². The fourth-order valence-corrected chi connectivity index (χ4v) is 2.25. The van der Waals surface area contributed by atoms with Gasteiger partial charge in [0.25, 0.3) is 11.9 Å². The molecule has 2 heterocycles. The molecule has 1 aliphatic rings. The van der Waals surface area contributed by atoms with Crippen LogP contribution in [0.25, 0.3) is 0 Å². The van der Waals surface area contributed by atoms with E-state index in [2.05, 4.69) is 10.3 Å². The molecule has 0 saturated carbocycles. The summed E-state index contributed by atoms with van der Waals surface area (Å²) in [5, 5.41) is 2.75. The average Bonchev–Trinajstić information content (AvgIpc) is 3.16. The number of hydrogen-bond acceptors (Lipinski definition) is 5. The van der Waals surface area contributed by atoms with Crippen molar-refractivity contribution >= 4 is 23.5 Å². The minimum absolute atomic E-state index is 0.265. The molecule has 1 aromatic heterocycles. The van der Waals surface area contributed by atoms with E-state index < -0.39 is 11.2 Å². The second-order valence-corrected chi connectivity index (χ2v) is 6.97. The van der Waals surface area contributed by atoms with Crippen LogP contribution >= 0.6 is 0 Å². The van der Waals surface area contributed by atoms with Gasteiger partial charge in [-0.15, -0.1) is 0 Å². The maximum atomic E-state index is 11.9. The smallest absolute Gasteiger partial charge is 0.291 e. The van der Waals surface area contributed by atoms with Crippen LogP contribution < -0.4 is 5.32 Å². The molecule has 1 aliphatic heterocycles. The van der Waals surface area contributed by atoms with Gasteiger partial charge in [0.1, 0.15) is 11.2 Å². The summed E-state index contributed by atoms with van der Waals surface area (Å²) in [7, 11) is 0. The molecule has 0 atom stereocenters. The number of furan rings is 1. The first-order valence-electron chi connectivity index (χ1n) is 8.34. The number of hydrogen-bond donors (Lipinski definition) is 1. The third kappa shape index (κ3) is 3.79. The Morgan fingerprint density at radius 3 is 2.27 bits per heavy atom. The van der Waals surface area contributed by atoms with E-state index in [1.54, 1.807) is 48.7 Å². The predicted molar refractivity (Wildman–Crippen MR) is 99.7 cm³/mol. The van der Waals surface area contributed by atoms with Crippen molar-refractivity contribution in [2.75, 3.05) is 5.32 Å². The van der Waals surface area contributed by atoms with Gasteiger partial charge >= 0.3 is 0 Å². The summed E-state index contributed by atoms with van der Waals surface area (Å²) in [6.07, 6.45) is 4.79. The molecule has 1 amide bonds. The molecule has 0 unspecified atom stereocenters. The minimum atomic E-state index is -0.402. The summed E-state index contributed by atoms with van der Waals surface area (Å²) >= 11 is 0. The average molecular weight is 354 g/mol. The summed E-state index contributed by atoms with van der Waals surface area (Å²) < 4.78 is 16.6. The highest BCUT2D eigenvalue weighted by atomic mass is 16.7. The van der Waals surface area contributed by atoms with Gasteiger partial charge in [0.15, 0.2) is 5.76 Å². The van der Waals surface area contributed by atoms with Gasteiger partial charge in [-0.1, -0.05) is 0 Å². The van der Waals surface area contributed by atoms with Crippen LogP contribution in [0.5, 0.6) is 0 Å². The van der Waals surface area contributed by atoms with Crippen LogP contribution in [0.1, 0.15) is 38.2 Å². The number of nitrogens with zero attached hydrogens (tertiary/aromatic N) is 1. The van der Waals surface area contributed by atoms with Gasteiger partial charge in [0, 0.05) is 18.0 Å². The van der Waals surface area contributed by atoms with Crippen LogP contribution in [-0.2, 0) is 9.47 Å². The third-order valence-corrected chi connectivity index (χ3v) is 4.47. The SMILES string of the molecule is CC1(C)OC(=CC=Nc2ccc(NC(=O)c3ccco3)cc2)OC1(C)C. The monoisotopic (exact) mass is 354 g/mol. The molecule has 136 valence electrons. The Hall–Kier alpha value is -3.02. The van der Waals surface area contributed by atoms with E-state index >= 15 is 0 Å². The first-order chi connectivity index (χ1) is 12.3. The predicted octanol–water partition coefficient (Wildman–Crippen LogP) is 4.68. The number of amides is 1. The molecule has 6 nitrogen and oxygen atoms in total. The Morgan fingerprint density at radius 2 is 1.69 bits per heavy atom. The molecule has 0 bridgehead atoms. The number of rotatable bonds is 4. The second kappa shape index (κ2) is 6.71. The summed E-state index contributed by atoms with van der Waals surface area (Å²) in [6.45, 7) is 7.95. The Balaban J connectivity index is 1.60. The third-order valence-electron chi connectivity index (χ3n) is 4.47. The maximum absolute atomic E-state index is 11.9. The van der Waals surface area contributed by atoms with Crippen molar-refractivity contribution in [3.8, 4) is 0 Å². The van der Waals surface area contributed by atoms with Crippen LogP contribution in [0.15, 0.2) is 64.1 Å². The largest absolute Gasteiger partial charge is 0.459 e. The topological polar surface area (TPSA) is 73.1 Å². The zero-order valence-corrected chi connectivity index (χ0v) is 15.3. The number of benzene rings is 1. The zero-order chi connectivity index (χ0) is 18.8. The Kier molecular flexibility index (Phi) is 4.59. The van der Waals surface area contributed by atoms with E-state index in [9.17, 15) is 4.79 Å². The van der Waals surface area contributed by atoms with Gasteiger partial charge in [0.2, 0.25) is 0 Å². The molecule has 3 rings (SSSR count). The molecular weight excluding hydrogens is 332 g/mol. The number of carbonyl (C=O) groups excluding carboxylic acids is 1. The van der Waals surface area contributed by atoms with E-state index in [4.69, 9.17) is 13.9 Å². The van der Waals surface area contributed by atoms with E-state index in [1.165, 1.54) is 6.26 Å². The molecular formula is C20H22N2O4. The molecule has 6 heteroatoms. The number of carbonyl (C=O) groups is 1. The fraction of sp³-hybridized carbons (Fsp3) is 0.300. The Labute approximate surface area is 152 Å². The van der Waals surface area contributed by atoms with Crippen LogP contribution in [0.2, 0.25) is 0 Å². The summed E-state index contributed by atoms with van der Waals surface area (Å²) in [6, 6.07) is 10.4. The number of ether oxygens (including phenoxy) is 2. The summed E-state index contributed by atoms with van der Waals surface area (Å²) in [5.74, 6) is 0.420. The van der Waals surface area contributed by atoms with E-state index in [0.717, 1.165) is 5.69 Å². The fourth-order valence-electron chi connectivity index (χ4n) is 2.25. The van der Waals surface area contributed by atoms with Crippen LogP contribution in [0.3, 0.4) is 0 Å². The lowest BCUT2D eigenvalue weighted by molar-refractivity contribution is 0.00578. The molecule has 0 radical (unpaired) electrons.